The molecule has 0 bridgehead atoms. The summed E-state index contributed by atoms with van der Waals surface area (Å²) >= 11 is 3.74. The van der Waals surface area contributed by atoms with Gasteiger partial charge in [-0.15, -0.1) is 22.7 Å². The first-order valence-electron chi connectivity index (χ1n) is 20.1. The topological polar surface area (TPSA) is 3.24 Å². The van der Waals surface area contributed by atoms with Gasteiger partial charge in [-0.25, -0.2) is 0 Å². The molecule has 12 aromatic rings. The third-order valence-electron chi connectivity index (χ3n) is 11.9. The van der Waals surface area contributed by atoms with Crippen molar-refractivity contribution in [1.82, 2.24) is 0 Å². The van der Waals surface area contributed by atoms with Crippen LogP contribution in [-0.2, 0) is 0 Å². The molecule has 59 heavy (non-hydrogen) atoms. The minimum atomic E-state index is 1.11. The van der Waals surface area contributed by atoms with E-state index in [1.807, 2.05) is 22.7 Å². The van der Waals surface area contributed by atoms with E-state index in [-0.39, 0.29) is 0 Å². The van der Waals surface area contributed by atoms with E-state index in [1.165, 1.54) is 95.3 Å². The minimum Gasteiger partial charge on any atom is -0.310 e. The first-order chi connectivity index (χ1) is 29.2. The largest absolute Gasteiger partial charge is 0.310 e. The Bertz CT molecular complexity index is 3560. The highest BCUT2D eigenvalue weighted by molar-refractivity contribution is 7.26. The van der Waals surface area contributed by atoms with Gasteiger partial charge in [-0.05, 0) is 97.9 Å². The average Bonchev–Trinajstić information content (AvgIpc) is 3.88. The Morgan fingerprint density at radius 3 is 1.69 bits per heavy atom. The SMILES string of the molecule is c1ccc(-c2ccc(-c3cc4ccccc4c4ccccc34)cc2N(c2ccc(-c3cccc4c3sc3ccccc34)cc2)c2ccc3c(c2)sc2ccccc23)cc1. The molecule has 2 aromatic heterocycles. The standard InChI is InChI=1S/C56H35NS2/c1-2-13-36(14-3-1)43-31-27-39(51-33-38-15-4-5-16-42(38)45-17-6-7-18-46(45)51)34-52(43)57(41-30-32-49-47-19-8-10-23-53(47)58-55(49)35-41)40-28-25-37(26-29-40)44-21-12-22-50-48-20-9-11-24-54(48)59-56(44)50/h1-35H. The Labute approximate surface area is 350 Å². The number of fused-ring (bicyclic) bond motifs is 9. The zero-order valence-corrected chi connectivity index (χ0v) is 33.6. The van der Waals surface area contributed by atoms with Gasteiger partial charge in [0.15, 0.2) is 0 Å². The van der Waals surface area contributed by atoms with Crippen molar-refractivity contribution in [1.29, 1.82) is 0 Å². The summed E-state index contributed by atoms with van der Waals surface area (Å²) in [4.78, 5) is 2.47. The molecule has 0 unspecified atom stereocenters. The van der Waals surface area contributed by atoms with E-state index in [0.717, 1.165) is 17.1 Å². The van der Waals surface area contributed by atoms with E-state index < -0.39 is 0 Å². The maximum absolute atomic E-state index is 2.47. The summed E-state index contributed by atoms with van der Waals surface area (Å²) in [5.74, 6) is 0. The van der Waals surface area contributed by atoms with Crippen molar-refractivity contribution < 1.29 is 0 Å². The Hall–Kier alpha value is -7.04. The molecular formula is C56H35NS2. The number of benzene rings is 10. The maximum atomic E-state index is 2.47. The number of anilines is 3. The lowest BCUT2D eigenvalue weighted by Gasteiger charge is -2.29. The van der Waals surface area contributed by atoms with Crippen LogP contribution in [0.15, 0.2) is 212 Å². The number of rotatable bonds is 6. The molecule has 0 atom stereocenters. The highest BCUT2D eigenvalue weighted by Gasteiger charge is 2.21. The van der Waals surface area contributed by atoms with Crippen LogP contribution in [0.5, 0.6) is 0 Å². The zero-order valence-electron chi connectivity index (χ0n) is 32.0. The normalized spacial score (nSPS) is 11.7. The summed E-state index contributed by atoms with van der Waals surface area (Å²) in [6.07, 6.45) is 0. The Balaban J connectivity index is 1.09. The lowest BCUT2D eigenvalue weighted by molar-refractivity contribution is 1.29. The summed E-state index contributed by atoms with van der Waals surface area (Å²) in [6.45, 7) is 0. The van der Waals surface area contributed by atoms with Gasteiger partial charge in [0.05, 0.1) is 5.69 Å². The molecule has 2 heterocycles. The van der Waals surface area contributed by atoms with Gasteiger partial charge in [0, 0.05) is 57.3 Å². The molecule has 0 fully saturated rings. The molecule has 0 N–H and O–H groups in total. The van der Waals surface area contributed by atoms with Crippen molar-refractivity contribution in [2.75, 3.05) is 4.90 Å². The minimum absolute atomic E-state index is 1.11. The van der Waals surface area contributed by atoms with Crippen LogP contribution in [0.4, 0.5) is 17.1 Å². The fraction of sp³-hybridized carbons (Fsp3) is 0. The third-order valence-corrected chi connectivity index (χ3v) is 14.2. The molecule has 0 radical (unpaired) electrons. The number of thiophene rings is 2. The van der Waals surface area contributed by atoms with Crippen LogP contribution in [0, 0.1) is 0 Å². The van der Waals surface area contributed by atoms with Gasteiger partial charge in [-0.3, -0.25) is 0 Å². The lowest BCUT2D eigenvalue weighted by Crippen LogP contribution is -2.11. The highest BCUT2D eigenvalue weighted by atomic mass is 32.1. The van der Waals surface area contributed by atoms with Crippen LogP contribution >= 0.6 is 22.7 Å². The molecule has 0 aliphatic heterocycles. The molecule has 0 aliphatic rings. The second-order valence-corrected chi connectivity index (χ2v) is 17.4. The first-order valence-corrected chi connectivity index (χ1v) is 21.7. The molecule has 0 saturated carbocycles. The van der Waals surface area contributed by atoms with Crippen LogP contribution in [0.25, 0.3) is 95.3 Å². The van der Waals surface area contributed by atoms with Crippen molar-refractivity contribution in [3.63, 3.8) is 0 Å². The van der Waals surface area contributed by atoms with Crippen molar-refractivity contribution in [2.24, 2.45) is 0 Å². The fourth-order valence-corrected chi connectivity index (χ4v) is 11.5. The second-order valence-electron chi connectivity index (χ2n) is 15.2. The zero-order chi connectivity index (χ0) is 38.9. The Morgan fingerprint density at radius 1 is 0.288 bits per heavy atom. The highest BCUT2D eigenvalue weighted by Crippen LogP contribution is 2.47. The molecule has 1 nitrogen and oxygen atoms in total. The molecular weight excluding hydrogens is 751 g/mol. The quantitative estimate of drug-likeness (QED) is 0.152. The van der Waals surface area contributed by atoms with E-state index in [0.29, 0.717) is 0 Å². The molecule has 276 valence electrons. The second kappa shape index (κ2) is 13.8. The van der Waals surface area contributed by atoms with E-state index >= 15 is 0 Å². The lowest BCUT2D eigenvalue weighted by atomic mass is 9.91. The summed E-state index contributed by atoms with van der Waals surface area (Å²) in [5, 5.41) is 10.3. The molecule has 0 aliphatic carbocycles. The van der Waals surface area contributed by atoms with Gasteiger partial charge < -0.3 is 4.90 Å². The molecule has 0 spiro atoms. The van der Waals surface area contributed by atoms with Crippen molar-refractivity contribution in [3.05, 3.63) is 212 Å². The van der Waals surface area contributed by atoms with E-state index in [9.17, 15) is 0 Å². The third kappa shape index (κ3) is 5.66. The Kier molecular flexibility index (Phi) is 7.97. The summed E-state index contributed by atoms with van der Waals surface area (Å²) in [6, 6.07) is 78.3. The van der Waals surface area contributed by atoms with Crippen LogP contribution in [0.2, 0.25) is 0 Å². The van der Waals surface area contributed by atoms with Crippen LogP contribution in [-0.4, -0.2) is 0 Å². The maximum Gasteiger partial charge on any atom is 0.0546 e. The molecule has 0 amide bonds. The number of hydrogen-bond acceptors (Lipinski definition) is 3. The monoisotopic (exact) mass is 785 g/mol. The van der Waals surface area contributed by atoms with Gasteiger partial charge in [0.1, 0.15) is 0 Å². The van der Waals surface area contributed by atoms with E-state index in [1.54, 1.807) is 0 Å². The molecule has 0 saturated heterocycles. The smallest absolute Gasteiger partial charge is 0.0546 e. The summed E-state index contributed by atoms with van der Waals surface area (Å²) in [7, 11) is 0. The van der Waals surface area contributed by atoms with Gasteiger partial charge in [0.2, 0.25) is 0 Å². The predicted octanol–water partition coefficient (Wildman–Crippen LogP) is 17.2. The van der Waals surface area contributed by atoms with E-state index in [2.05, 4.69) is 217 Å². The summed E-state index contributed by atoms with van der Waals surface area (Å²) in [5.41, 5.74) is 10.6. The van der Waals surface area contributed by atoms with E-state index in [4.69, 9.17) is 0 Å². The average molecular weight is 786 g/mol. The van der Waals surface area contributed by atoms with Gasteiger partial charge >= 0.3 is 0 Å². The Morgan fingerprint density at radius 2 is 0.881 bits per heavy atom. The molecule has 12 rings (SSSR count). The summed E-state index contributed by atoms with van der Waals surface area (Å²) < 4.78 is 5.23. The number of hydrogen-bond donors (Lipinski definition) is 0. The van der Waals surface area contributed by atoms with Gasteiger partial charge in [-0.2, -0.15) is 0 Å². The first kappa shape index (κ1) is 34.0. The van der Waals surface area contributed by atoms with Gasteiger partial charge in [-0.1, -0.05) is 164 Å². The number of nitrogens with zero attached hydrogens (tertiary/aromatic N) is 1. The van der Waals surface area contributed by atoms with Gasteiger partial charge in [0.25, 0.3) is 0 Å². The predicted molar refractivity (Wildman–Crippen MR) is 258 cm³/mol. The van der Waals surface area contributed by atoms with Crippen LogP contribution < -0.4 is 4.90 Å². The van der Waals surface area contributed by atoms with Crippen molar-refractivity contribution in [2.45, 2.75) is 0 Å². The molecule has 3 heteroatoms. The molecule has 10 aromatic carbocycles. The van der Waals surface area contributed by atoms with Crippen LogP contribution in [0.1, 0.15) is 0 Å². The van der Waals surface area contributed by atoms with Crippen molar-refractivity contribution in [3.8, 4) is 33.4 Å². The fourth-order valence-electron chi connectivity index (χ4n) is 9.08. The van der Waals surface area contributed by atoms with Crippen molar-refractivity contribution >= 4 is 102 Å². The van der Waals surface area contributed by atoms with Crippen LogP contribution in [0.3, 0.4) is 0 Å².